The van der Waals surface area contributed by atoms with Gasteiger partial charge in [-0.2, -0.15) is 5.10 Å². The van der Waals surface area contributed by atoms with Gasteiger partial charge in [-0.1, -0.05) is 12.1 Å². The van der Waals surface area contributed by atoms with Crippen LogP contribution in [0.15, 0.2) is 30.2 Å². The molecule has 2 fully saturated rings. The fourth-order valence-electron chi connectivity index (χ4n) is 2.98. The summed E-state index contributed by atoms with van der Waals surface area (Å²) in [6, 6.07) is 3.75. The molecular formula is C15H15N3O3S2. The molecule has 2 aliphatic heterocycles. The third-order valence-corrected chi connectivity index (χ3v) is 5.34. The van der Waals surface area contributed by atoms with Crippen LogP contribution in [0, 0.1) is 4.77 Å². The molecule has 0 aliphatic carbocycles. The molecule has 0 spiro atoms. The standard InChI is InChI=1S/C15H15N3O3S2/c1-2-5-17-13(12-4-3-6-23-12)16-18(15(17)22)9-7-10(19)14-20-8-11(9)21-14/h2-4,6,9,11,14H,1,5,7-8H2/t9-,11-,14+/m1/s1. The van der Waals surface area contributed by atoms with E-state index in [0.29, 0.717) is 24.3 Å². The fourth-order valence-corrected chi connectivity index (χ4v) is 4.03. The van der Waals surface area contributed by atoms with Gasteiger partial charge in [0.05, 0.1) is 17.5 Å². The summed E-state index contributed by atoms with van der Waals surface area (Å²) in [5.41, 5.74) is 0. The molecule has 8 heteroatoms. The summed E-state index contributed by atoms with van der Waals surface area (Å²) in [6.07, 6.45) is 1.22. The quantitative estimate of drug-likeness (QED) is 0.627. The minimum absolute atomic E-state index is 0.0541. The van der Waals surface area contributed by atoms with E-state index in [4.69, 9.17) is 26.8 Å². The molecule has 0 amide bonds. The molecule has 4 heterocycles. The molecule has 23 heavy (non-hydrogen) atoms. The second-order valence-corrected chi connectivity index (χ2v) is 6.82. The van der Waals surface area contributed by atoms with E-state index in [9.17, 15) is 4.79 Å². The molecule has 0 saturated carbocycles. The number of nitrogens with zero attached hydrogens (tertiary/aromatic N) is 3. The molecule has 2 aromatic heterocycles. The molecule has 6 nitrogen and oxygen atoms in total. The van der Waals surface area contributed by atoms with Crippen LogP contribution in [0.1, 0.15) is 12.5 Å². The lowest BCUT2D eigenvalue weighted by atomic mass is 10.0. The average Bonchev–Trinajstić information content (AvgIpc) is 3.25. The third-order valence-electron chi connectivity index (χ3n) is 4.07. The maximum atomic E-state index is 12.0. The lowest BCUT2D eigenvalue weighted by molar-refractivity contribution is -0.156. The van der Waals surface area contributed by atoms with Crippen LogP contribution in [-0.4, -0.2) is 39.1 Å². The second kappa shape index (κ2) is 5.79. The zero-order valence-corrected chi connectivity index (χ0v) is 13.9. The van der Waals surface area contributed by atoms with Crippen LogP contribution in [0.4, 0.5) is 0 Å². The molecule has 3 atom stereocenters. The topological polar surface area (TPSA) is 58.3 Å². The Morgan fingerprint density at radius 2 is 2.43 bits per heavy atom. The number of fused-ring (bicyclic) bond motifs is 2. The molecular weight excluding hydrogens is 334 g/mol. The van der Waals surface area contributed by atoms with Gasteiger partial charge in [0.2, 0.25) is 6.29 Å². The Morgan fingerprint density at radius 1 is 1.57 bits per heavy atom. The molecule has 2 aromatic rings. The highest BCUT2D eigenvalue weighted by Gasteiger charge is 2.45. The molecule has 0 unspecified atom stereocenters. The Kier molecular flexibility index (Phi) is 3.76. The van der Waals surface area contributed by atoms with Gasteiger partial charge in [0.1, 0.15) is 6.10 Å². The summed E-state index contributed by atoms with van der Waals surface area (Å²) in [5, 5.41) is 6.69. The summed E-state index contributed by atoms with van der Waals surface area (Å²) in [6.45, 7) is 4.75. The minimum Gasteiger partial charge on any atom is -0.343 e. The Morgan fingerprint density at radius 3 is 3.17 bits per heavy atom. The Labute approximate surface area is 141 Å². The number of Topliss-reactive ketones (excluding diaryl/α,β-unsaturated/α-hetero) is 1. The first-order chi connectivity index (χ1) is 11.2. The zero-order valence-electron chi connectivity index (χ0n) is 12.3. The van der Waals surface area contributed by atoms with Gasteiger partial charge in [-0.3, -0.25) is 9.36 Å². The highest BCUT2D eigenvalue weighted by atomic mass is 32.1. The Bertz CT molecular complexity index is 809. The molecule has 2 aliphatic rings. The normalized spacial score (nSPS) is 26.6. The SMILES string of the molecule is C=CCn1c(-c2cccs2)nn([C@@H]2CC(=O)[C@H]3OC[C@H]2O3)c1=S. The van der Waals surface area contributed by atoms with Crippen LogP contribution in [0.3, 0.4) is 0 Å². The van der Waals surface area contributed by atoms with Gasteiger partial charge < -0.3 is 9.47 Å². The Balaban J connectivity index is 1.80. The highest BCUT2D eigenvalue weighted by Crippen LogP contribution is 2.34. The van der Waals surface area contributed by atoms with Crippen molar-refractivity contribution in [2.24, 2.45) is 0 Å². The first-order valence-corrected chi connectivity index (χ1v) is 8.61. The molecule has 2 bridgehead atoms. The van der Waals surface area contributed by atoms with E-state index in [1.807, 2.05) is 22.1 Å². The third kappa shape index (κ3) is 2.42. The number of rotatable bonds is 4. The van der Waals surface area contributed by atoms with Gasteiger partial charge in [-0.05, 0) is 23.7 Å². The summed E-state index contributed by atoms with van der Waals surface area (Å²) < 4.78 is 15.2. The second-order valence-electron chi connectivity index (χ2n) is 5.50. The van der Waals surface area contributed by atoms with Crippen LogP contribution in [0.5, 0.6) is 0 Å². The van der Waals surface area contributed by atoms with Crippen molar-refractivity contribution in [3.8, 4) is 10.7 Å². The lowest BCUT2D eigenvalue weighted by Crippen LogP contribution is -2.37. The largest absolute Gasteiger partial charge is 0.343 e. The van der Waals surface area contributed by atoms with Crippen molar-refractivity contribution in [1.82, 2.24) is 14.3 Å². The van der Waals surface area contributed by atoms with Crippen LogP contribution in [-0.2, 0) is 20.8 Å². The average molecular weight is 349 g/mol. The van der Waals surface area contributed by atoms with Crippen LogP contribution < -0.4 is 0 Å². The monoisotopic (exact) mass is 349 g/mol. The van der Waals surface area contributed by atoms with E-state index >= 15 is 0 Å². The van der Waals surface area contributed by atoms with Gasteiger partial charge in [-0.25, -0.2) is 4.68 Å². The maximum absolute atomic E-state index is 12.0. The molecule has 0 N–H and O–H groups in total. The number of carbonyl (C=O) groups excluding carboxylic acids is 1. The van der Waals surface area contributed by atoms with Gasteiger partial charge in [0.15, 0.2) is 16.4 Å². The van der Waals surface area contributed by atoms with E-state index in [1.54, 1.807) is 22.1 Å². The molecule has 120 valence electrons. The van der Waals surface area contributed by atoms with E-state index in [2.05, 4.69) is 6.58 Å². The number of carbonyl (C=O) groups is 1. The molecule has 2 saturated heterocycles. The number of ether oxygens (including phenoxy) is 2. The van der Waals surface area contributed by atoms with Crippen molar-refractivity contribution < 1.29 is 14.3 Å². The molecule has 4 rings (SSSR count). The maximum Gasteiger partial charge on any atom is 0.218 e. The van der Waals surface area contributed by atoms with E-state index in [0.717, 1.165) is 10.7 Å². The van der Waals surface area contributed by atoms with Crippen LogP contribution in [0.2, 0.25) is 0 Å². The number of hydrogen-bond acceptors (Lipinski definition) is 6. The van der Waals surface area contributed by atoms with Crippen molar-refractivity contribution >= 4 is 29.3 Å². The first-order valence-electron chi connectivity index (χ1n) is 7.33. The van der Waals surface area contributed by atoms with Crippen molar-refractivity contribution in [3.63, 3.8) is 0 Å². The fraction of sp³-hybridized carbons (Fsp3) is 0.400. The van der Waals surface area contributed by atoms with Crippen LogP contribution >= 0.6 is 23.6 Å². The zero-order chi connectivity index (χ0) is 16.0. The smallest absolute Gasteiger partial charge is 0.218 e. The summed E-state index contributed by atoms with van der Waals surface area (Å²) >= 11 is 7.20. The number of ketones is 1. The highest BCUT2D eigenvalue weighted by molar-refractivity contribution is 7.71. The first kappa shape index (κ1) is 14.9. The summed E-state index contributed by atoms with van der Waals surface area (Å²) in [7, 11) is 0. The number of aromatic nitrogens is 3. The Hall–Kier alpha value is -1.61. The lowest BCUT2D eigenvalue weighted by Gasteiger charge is -2.26. The van der Waals surface area contributed by atoms with Crippen molar-refractivity contribution in [2.75, 3.05) is 6.61 Å². The molecule has 0 radical (unpaired) electrons. The molecule has 0 aromatic carbocycles. The van der Waals surface area contributed by atoms with Gasteiger partial charge in [0, 0.05) is 13.0 Å². The predicted molar refractivity (Wildman–Crippen MR) is 87.8 cm³/mol. The van der Waals surface area contributed by atoms with E-state index < -0.39 is 6.29 Å². The minimum atomic E-state index is -0.711. The van der Waals surface area contributed by atoms with Crippen molar-refractivity contribution in [2.45, 2.75) is 31.4 Å². The van der Waals surface area contributed by atoms with Gasteiger partial charge in [0.25, 0.3) is 0 Å². The summed E-state index contributed by atoms with van der Waals surface area (Å²) in [5.74, 6) is 0.736. The number of thiophene rings is 1. The van der Waals surface area contributed by atoms with Crippen molar-refractivity contribution in [3.05, 3.63) is 34.9 Å². The predicted octanol–water partition coefficient (Wildman–Crippen LogP) is 2.58. The van der Waals surface area contributed by atoms with E-state index in [1.165, 1.54) is 0 Å². The number of hydrogen-bond donors (Lipinski definition) is 0. The van der Waals surface area contributed by atoms with Gasteiger partial charge in [-0.15, -0.1) is 17.9 Å². The van der Waals surface area contributed by atoms with E-state index in [-0.39, 0.29) is 17.9 Å². The van der Waals surface area contributed by atoms with Crippen molar-refractivity contribution in [1.29, 1.82) is 0 Å². The van der Waals surface area contributed by atoms with Crippen LogP contribution in [0.25, 0.3) is 10.7 Å². The summed E-state index contributed by atoms with van der Waals surface area (Å²) in [4.78, 5) is 13.1. The van der Waals surface area contributed by atoms with Gasteiger partial charge >= 0.3 is 0 Å². The number of allylic oxidation sites excluding steroid dienone is 1.